The lowest BCUT2D eigenvalue weighted by Gasteiger charge is -2.28. The molecule has 6 nitrogen and oxygen atoms in total. The Labute approximate surface area is 232 Å². The molecule has 6 heteroatoms. The molecule has 1 amide bonds. The van der Waals surface area contributed by atoms with Gasteiger partial charge in [-0.1, -0.05) is 60.7 Å². The lowest BCUT2D eigenvalue weighted by molar-refractivity contribution is -0.120. The number of carbonyl (C=O) groups is 1. The fourth-order valence-corrected chi connectivity index (χ4v) is 4.91. The van der Waals surface area contributed by atoms with Crippen molar-refractivity contribution in [1.29, 1.82) is 0 Å². The summed E-state index contributed by atoms with van der Waals surface area (Å²) in [5.41, 5.74) is 6.17. The number of pyridine rings is 1. The minimum absolute atomic E-state index is 0.0327. The number of amides is 1. The molecule has 39 heavy (non-hydrogen) atoms. The van der Waals surface area contributed by atoms with E-state index in [4.69, 9.17) is 0 Å². The summed E-state index contributed by atoms with van der Waals surface area (Å²) in [5.74, 6) is 0.884. The number of nitrogens with one attached hydrogen (secondary N) is 2. The van der Waals surface area contributed by atoms with Crippen molar-refractivity contribution in [3.05, 3.63) is 119 Å². The van der Waals surface area contributed by atoms with Crippen LogP contribution in [-0.4, -0.2) is 39.2 Å². The maximum atomic E-state index is 12.5. The Morgan fingerprint density at radius 1 is 0.923 bits per heavy atom. The van der Waals surface area contributed by atoms with E-state index in [1.54, 1.807) is 6.20 Å². The average Bonchev–Trinajstić information content (AvgIpc) is 3.25. The summed E-state index contributed by atoms with van der Waals surface area (Å²) < 4.78 is 2.10. The number of hydrogen-bond acceptors (Lipinski definition) is 4. The second-order valence-electron chi connectivity index (χ2n) is 10.9. The van der Waals surface area contributed by atoms with Gasteiger partial charge in [0.2, 0.25) is 5.91 Å². The molecule has 0 unspecified atom stereocenters. The number of carbonyl (C=O) groups excluding carboxylic acids is 1. The first kappa shape index (κ1) is 28.3. The van der Waals surface area contributed by atoms with Crippen molar-refractivity contribution in [2.24, 2.45) is 0 Å². The Bertz CT molecular complexity index is 1340. The molecular formula is C33H40N4O2. The molecule has 2 heterocycles. The Kier molecular flexibility index (Phi) is 9.33. The van der Waals surface area contributed by atoms with Gasteiger partial charge >= 0.3 is 0 Å². The molecule has 0 radical (unpaired) electrons. The summed E-state index contributed by atoms with van der Waals surface area (Å²) in [4.78, 5) is 17.1. The van der Waals surface area contributed by atoms with Crippen LogP contribution in [0.5, 0.6) is 0 Å². The van der Waals surface area contributed by atoms with E-state index in [1.807, 2.05) is 42.5 Å². The zero-order valence-corrected chi connectivity index (χ0v) is 23.4. The van der Waals surface area contributed by atoms with E-state index in [1.165, 1.54) is 5.56 Å². The Balaban J connectivity index is 1.26. The molecule has 0 aliphatic heterocycles. The van der Waals surface area contributed by atoms with Crippen LogP contribution in [0, 0.1) is 13.8 Å². The van der Waals surface area contributed by atoms with E-state index in [0.717, 1.165) is 46.7 Å². The molecule has 204 valence electrons. The minimum atomic E-state index is -0.663. The molecule has 4 aromatic rings. The number of aliphatic hydroxyl groups excluding tert-OH is 1. The lowest BCUT2D eigenvalue weighted by Crippen LogP contribution is -2.43. The Morgan fingerprint density at radius 2 is 1.62 bits per heavy atom. The van der Waals surface area contributed by atoms with E-state index >= 15 is 0 Å². The van der Waals surface area contributed by atoms with Crippen LogP contribution in [0.1, 0.15) is 53.6 Å². The van der Waals surface area contributed by atoms with E-state index in [2.05, 4.69) is 84.3 Å². The van der Waals surface area contributed by atoms with Gasteiger partial charge in [0.25, 0.3) is 0 Å². The summed E-state index contributed by atoms with van der Waals surface area (Å²) in [6.45, 7) is 9.41. The summed E-state index contributed by atoms with van der Waals surface area (Å²) >= 11 is 0. The number of hydrogen-bond donors (Lipinski definition) is 3. The van der Waals surface area contributed by atoms with Crippen molar-refractivity contribution in [1.82, 2.24) is 20.2 Å². The molecule has 0 bridgehead atoms. The molecule has 0 spiro atoms. The number of β-amino-alcohol motifs (C(OH)–C–C–N with tert-alkyl or cyclic N) is 1. The standard InChI is InChI=1S/C33H40N4O2/c1-24-13-14-25(2)37(24)31-16-15-29(22-35-31)30(38)23-36-33(3,4)21-28-12-8-11-27(19-28)20-32(39)34-18-17-26-9-6-5-7-10-26/h5-16,19,22,30,36,38H,17-18,20-21,23H2,1-4H3,(H,34,39)/t30-/m1/s1. The number of rotatable bonds is 12. The number of aliphatic hydroxyl groups is 1. The second-order valence-corrected chi connectivity index (χ2v) is 10.9. The average molecular weight is 525 g/mol. The van der Waals surface area contributed by atoms with E-state index in [9.17, 15) is 9.90 Å². The van der Waals surface area contributed by atoms with Crippen molar-refractivity contribution in [2.45, 2.75) is 58.6 Å². The quantitative estimate of drug-likeness (QED) is 0.243. The highest BCUT2D eigenvalue weighted by Gasteiger charge is 2.20. The van der Waals surface area contributed by atoms with Crippen molar-refractivity contribution in [3.8, 4) is 5.82 Å². The molecule has 0 saturated heterocycles. The van der Waals surface area contributed by atoms with Gasteiger partial charge in [-0.2, -0.15) is 0 Å². The van der Waals surface area contributed by atoms with Crippen LogP contribution in [-0.2, 0) is 24.1 Å². The molecule has 0 saturated carbocycles. The normalized spacial score (nSPS) is 12.3. The molecular weight excluding hydrogens is 484 g/mol. The Hall–Kier alpha value is -3.74. The first-order chi connectivity index (χ1) is 18.7. The third-order valence-electron chi connectivity index (χ3n) is 7.01. The molecule has 2 aromatic heterocycles. The number of aryl methyl sites for hydroxylation is 2. The van der Waals surface area contributed by atoms with Gasteiger partial charge < -0.3 is 20.3 Å². The topological polar surface area (TPSA) is 79.2 Å². The van der Waals surface area contributed by atoms with Crippen LogP contribution < -0.4 is 10.6 Å². The molecule has 0 aliphatic rings. The zero-order chi connectivity index (χ0) is 27.8. The molecule has 0 aliphatic carbocycles. The minimum Gasteiger partial charge on any atom is -0.387 e. The van der Waals surface area contributed by atoms with Crippen LogP contribution in [0.2, 0.25) is 0 Å². The number of aromatic nitrogens is 2. The van der Waals surface area contributed by atoms with Crippen LogP contribution in [0.15, 0.2) is 85.1 Å². The van der Waals surface area contributed by atoms with Gasteiger partial charge in [0.15, 0.2) is 0 Å². The van der Waals surface area contributed by atoms with Gasteiger partial charge in [0.1, 0.15) is 5.82 Å². The maximum absolute atomic E-state index is 12.5. The smallest absolute Gasteiger partial charge is 0.224 e. The highest BCUT2D eigenvalue weighted by Crippen LogP contribution is 2.19. The second kappa shape index (κ2) is 12.9. The van der Waals surface area contributed by atoms with Gasteiger partial charge in [-0.05, 0) is 75.4 Å². The van der Waals surface area contributed by atoms with Crippen LogP contribution >= 0.6 is 0 Å². The predicted octanol–water partition coefficient (Wildman–Crippen LogP) is 5.03. The van der Waals surface area contributed by atoms with E-state index in [0.29, 0.717) is 19.5 Å². The van der Waals surface area contributed by atoms with E-state index in [-0.39, 0.29) is 11.4 Å². The largest absolute Gasteiger partial charge is 0.387 e. The zero-order valence-electron chi connectivity index (χ0n) is 23.4. The fourth-order valence-electron chi connectivity index (χ4n) is 4.91. The van der Waals surface area contributed by atoms with Gasteiger partial charge in [-0.25, -0.2) is 4.98 Å². The first-order valence-electron chi connectivity index (χ1n) is 13.6. The summed E-state index contributed by atoms with van der Waals surface area (Å²) in [6, 6.07) is 26.4. The molecule has 4 rings (SSSR count). The SMILES string of the molecule is Cc1ccc(C)n1-c1ccc([C@H](O)CNC(C)(C)Cc2cccc(CC(=O)NCCc3ccccc3)c2)cn1. The van der Waals surface area contributed by atoms with Crippen molar-refractivity contribution >= 4 is 5.91 Å². The predicted molar refractivity (Wildman–Crippen MR) is 157 cm³/mol. The maximum Gasteiger partial charge on any atom is 0.224 e. The van der Waals surface area contributed by atoms with Gasteiger partial charge in [-0.15, -0.1) is 0 Å². The van der Waals surface area contributed by atoms with Gasteiger partial charge in [-0.3, -0.25) is 4.79 Å². The first-order valence-corrected chi connectivity index (χ1v) is 13.6. The summed E-state index contributed by atoms with van der Waals surface area (Å²) in [5, 5.41) is 17.3. The highest BCUT2D eigenvalue weighted by atomic mass is 16.3. The lowest BCUT2D eigenvalue weighted by atomic mass is 9.93. The molecule has 0 fully saturated rings. The van der Waals surface area contributed by atoms with Crippen molar-refractivity contribution in [2.75, 3.05) is 13.1 Å². The van der Waals surface area contributed by atoms with E-state index < -0.39 is 6.10 Å². The number of nitrogens with zero attached hydrogens (tertiary/aromatic N) is 2. The summed E-state index contributed by atoms with van der Waals surface area (Å²) in [6.07, 6.45) is 3.04. The van der Waals surface area contributed by atoms with Crippen molar-refractivity contribution < 1.29 is 9.90 Å². The third kappa shape index (κ3) is 8.12. The Morgan fingerprint density at radius 3 is 2.31 bits per heavy atom. The molecule has 1 atom stereocenters. The van der Waals surface area contributed by atoms with Crippen LogP contribution in [0.4, 0.5) is 0 Å². The molecule has 2 aromatic carbocycles. The van der Waals surface area contributed by atoms with Crippen LogP contribution in [0.3, 0.4) is 0 Å². The van der Waals surface area contributed by atoms with Crippen LogP contribution in [0.25, 0.3) is 5.82 Å². The van der Waals surface area contributed by atoms with Gasteiger partial charge in [0, 0.05) is 41.8 Å². The number of benzene rings is 2. The highest BCUT2D eigenvalue weighted by molar-refractivity contribution is 5.78. The fraction of sp³-hybridized carbons (Fsp3) is 0.333. The van der Waals surface area contributed by atoms with Gasteiger partial charge in [0.05, 0.1) is 12.5 Å². The third-order valence-corrected chi connectivity index (χ3v) is 7.01. The molecule has 3 N–H and O–H groups in total. The monoisotopic (exact) mass is 524 g/mol. The van der Waals surface area contributed by atoms with Crippen molar-refractivity contribution in [3.63, 3.8) is 0 Å². The summed E-state index contributed by atoms with van der Waals surface area (Å²) in [7, 11) is 0.